The van der Waals surface area contributed by atoms with Gasteiger partial charge in [-0.05, 0) is 17.4 Å². The van der Waals surface area contributed by atoms with Gasteiger partial charge in [0.2, 0.25) is 0 Å². The highest BCUT2D eigenvalue weighted by molar-refractivity contribution is 7.30. The number of rotatable bonds is 37. The van der Waals surface area contributed by atoms with E-state index in [1.807, 2.05) is 0 Å². The van der Waals surface area contributed by atoms with Crippen molar-refractivity contribution in [1.29, 1.82) is 0 Å². The van der Waals surface area contributed by atoms with E-state index in [1.54, 1.807) is 0 Å². The van der Waals surface area contributed by atoms with Gasteiger partial charge in [0, 0.05) is 12.8 Å². The highest BCUT2D eigenvalue weighted by atomic mass is 31.1. The molecule has 272 valence electrons. The summed E-state index contributed by atoms with van der Waals surface area (Å²) in [5, 5.41) is 0. The van der Waals surface area contributed by atoms with Crippen molar-refractivity contribution in [2.24, 2.45) is 0 Å². The van der Waals surface area contributed by atoms with Crippen LogP contribution in [-0.4, -0.2) is 31.3 Å². The van der Waals surface area contributed by atoms with E-state index in [-0.39, 0.29) is 25.6 Å². The van der Waals surface area contributed by atoms with Crippen molar-refractivity contribution in [1.82, 2.24) is 0 Å². The highest BCUT2D eigenvalue weighted by Crippen LogP contribution is 2.16. The minimum Gasteiger partial charge on any atom is -0.566 e. The number of unbranched alkanes of at least 4 members (excludes halogenated alkanes) is 27. The fourth-order valence-corrected chi connectivity index (χ4v) is 6.16. The summed E-state index contributed by atoms with van der Waals surface area (Å²) in [4.78, 5) is 35.4. The Kier molecular flexibility index (Phi) is 36.0. The summed E-state index contributed by atoms with van der Waals surface area (Å²) in [6.07, 6.45) is 36.0. The lowest BCUT2D eigenvalue weighted by atomic mass is 10.0. The van der Waals surface area contributed by atoms with E-state index in [4.69, 9.17) is 9.47 Å². The average Bonchev–Trinajstić information content (AvgIpc) is 3.04. The average molecular weight is 673 g/mol. The monoisotopic (exact) mass is 673 g/mol. The lowest BCUT2D eigenvalue weighted by Gasteiger charge is -2.16. The quantitative estimate of drug-likeness (QED) is 0.0367. The van der Waals surface area contributed by atoms with Crippen molar-refractivity contribution < 1.29 is 33.0 Å². The molecule has 2 unspecified atom stereocenters. The van der Waals surface area contributed by atoms with Crippen molar-refractivity contribution in [3.8, 4) is 0 Å². The Labute approximate surface area is 285 Å². The first kappa shape index (κ1) is 45.0. The highest BCUT2D eigenvalue weighted by Gasteiger charge is 2.20. The summed E-state index contributed by atoms with van der Waals surface area (Å²) in [6.45, 7) is 3.99. The second-order valence-corrected chi connectivity index (χ2v) is 14.1. The van der Waals surface area contributed by atoms with E-state index in [2.05, 4.69) is 18.4 Å². The lowest BCUT2D eigenvalue weighted by Crippen LogP contribution is -2.29. The SMILES string of the molecule is CCCCCCCCCCCCCCCCCCC(=O)OCC(CO[P+](=O)[O-])OC(=O)CCCCCCCCCCCCCCC. The van der Waals surface area contributed by atoms with Gasteiger partial charge in [0.1, 0.15) is 13.2 Å². The topological polar surface area (TPSA) is 102 Å². The standard InChI is InChI=1S/C38H73O7P/c1-3-5-7-9-11-13-15-17-18-19-21-22-24-26-28-30-32-37(39)43-34-36(35-44-46(41)42)45-38(40)33-31-29-27-25-23-20-16-14-12-10-8-6-4-2/h36H,3-35H2,1-2H3. The predicted octanol–water partition coefficient (Wildman–Crippen LogP) is 11.6. The second-order valence-electron chi connectivity index (χ2n) is 13.4. The molecule has 46 heavy (non-hydrogen) atoms. The summed E-state index contributed by atoms with van der Waals surface area (Å²) < 4.78 is 26.2. The van der Waals surface area contributed by atoms with E-state index >= 15 is 0 Å². The summed E-state index contributed by atoms with van der Waals surface area (Å²) in [5.41, 5.74) is 0. The van der Waals surface area contributed by atoms with Gasteiger partial charge in [-0.3, -0.25) is 9.59 Å². The molecule has 0 radical (unpaired) electrons. The van der Waals surface area contributed by atoms with Crippen molar-refractivity contribution in [3.63, 3.8) is 0 Å². The van der Waals surface area contributed by atoms with Gasteiger partial charge in [-0.1, -0.05) is 187 Å². The zero-order valence-electron chi connectivity index (χ0n) is 30.2. The molecule has 0 aliphatic rings. The number of carbonyl (C=O) groups is 2. The molecule has 0 rings (SSSR count). The Morgan fingerprint density at radius 3 is 1.11 bits per heavy atom. The van der Waals surface area contributed by atoms with Gasteiger partial charge in [0.25, 0.3) is 0 Å². The molecular weight excluding hydrogens is 599 g/mol. The van der Waals surface area contributed by atoms with Crippen LogP contribution in [0.1, 0.15) is 213 Å². The van der Waals surface area contributed by atoms with Crippen LogP contribution in [0, 0.1) is 0 Å². The molecule has 0 aromatic heterocycles. The molecule has 0 aliphatic carbocycles. The molecule has 0 N–H and O–H groups in total. The summed E-state index contributed by atoms with van der Waals surface area (Å²) >= 11 is 0. The Hall–Kier alpha value is -1.04. The zero-order valence-corrected chi connectivity index (χ0v) is 31.1. The maximum absolute atomic E-state index is 12.3. The van der Waals surface area contributed by atoms with Crippen LogP contribution in [0.4, 0.5) is 0 Å². The second kappa shape index (κ2) is 36.8. The van der Waals surface area contributed by atoms with E-state index < -0.39 is 20.3 Å². The molecule has 0 amide bonds. The van der Waals surface area contributed by atoms with Crippen molar-refractivity contribution in [3.05, 3.63) is 0 Å². The van der Waals surface area contributed by atoms with Crippen LogP contribution in [0.5, 0.6) is 0 Å². The molecule has 7 nitrogen and oxygen atoms in total. The minimum atomic E-state index is -3.07. The molecule has 8 heteroatoms. The van der Waals surface area contributed by atoms with Crippen LogP contribution in [0.15, 0.2) is 0 Å². The van der Waals surface area contributed by atoms with E-state index in [9.17, 15) is 19.0 Å². The van der Waals surface area contributed by atoms with Crippen LogP contribution < -0.4 is 4.89 Å². The fraction of sp³-hybridized carbons (Fsp3) is 0.947. The molecule has 0 heterocycles. The van der Waals surface area contributed by atoms with Gasteiger partial charge >= 0.3 is 20.2 Å². The molecule has 2 atom stereocenters. The predicted molar refractivity (Wildman–Crippen MR) is 189 cm³/mol. The molecule has 0 fully saturated rings. The van der Waals surface area contributed by atoms with Crippen LogP contribution in [-0.2, 0) is 28.2 Å². The van der Waals surface area contributed by atoms with Gasteiger partial charge in [0.05, 0.1) is 0 Å². The van der Waals surface area contributed by atoms with Crippen molar-refractivity contribution in [2.45, 2.75) is 219 Å². The summed E-state index contributed by atoms with van der Waals surface area (Å²) in [5.74, 6) is -0.763. The normalized spacial score (nSPS) is 12.3. The van der Waals surface area contributed by atoms with Gasteiger partial charge in [0.15, 0.2) is 6.10 Å². The molecule has 0 bridgehead atoms. The first-order valence-corrected chi connectivity index (χ1v) is 20.7. The minimum absolute atomic E-state index is 0.189. The first-order chi connectivity index (χ1) is 22.5. The Bertz CT molecular complexity index is 688. The zero-order chi connectivity index (χ0) is 33.8. The molecule has 0 aliphatic heterocycles. The van der Waals surface area contributed by atoms with Crippen LogP contribution >= 0.6 is 8.25 Å². The number of hydrogen-bond acceptors (Lipinski definition) is 7. The van der Waals surface area contributed by atoms with Gasteiger partial charge in [-0.25, -0.2) is 0 Å². The first-order valence-electron chi connectivity index (χ1n) is 19.6. The third-order valence-electron chi connectivity index (χ3n) is 8.81. The van der Waals surface area contributed by atoms with Gasteiger partial charge in [-0.15, -0.1) is 4.52 Å². The smallest absolute Gasteiger partial charge is 0.488 e. The third kappa shape index (κ3) is 35.8. The van der Waals surface area contributed by atoms with Gasteiger partial charge in [-0.2, -0.15) is 0 Å². The molecule has 0 spiro atoms. The Morgan fingerprint density at radius 1 is 0.478 bits per heavy atom. The van der Waals surface area contributed by atoms with Crippen LogP contribution in [0.3, 0.4) is 0 Å². The molecular formula is C38H73O7P. The van der Waals surface area contributed by atoms with Gasteiger partial charge < -0.3 is 14.4 Å². The molecule has 0 saturated carbocycles. The van der Waals surface area contributed by atoms with Crippen LogP contribution in [0.25, 0.3) is 0 Å². The largest absolute Gasteiger partial charge is 0.566 e. The Morgan fingerprint density at radius 2 is 0.783 bits per heavy atom. The lowest BCUT2D eigenvalue weighted by molar-refractivity contribution is -0.190. The molecule has 0 aromatic rings. The van der Waals surface area contributed by atoms with Crippen LogP contribution in [0.2, 0.25) is 0 Å². The summed E-state index contributed by atoms with van der Waals surface area (Å²) in [7, 11) is -3.07. The molecule has 0 aromatic carbocycles. The number of esters is 2. The van der Waals surface area contributed by atoms with E-state index in [0.717, 1.165) is 38.5 Å². The maximum Gasteiger partial charge on any atom is 0.488 e. The summed E-state index contributed by atoms with van der Waals surface area (Å²) in [6, 6.07) is 0. The maximum atomic E-state index is 12.3. The molecule has 0 saturated heterocycles. The number of ether oxygens (including phenoxy) is 2. The number of carbonyl (C=O) groups excluding carboxylic acids is 2. The van der Waals surface area contributed by atoms with Crippen molar-refractivity contribution >= 4 is 20.2 Å². The number of hydrogen-bond donors (Lipinski definition) is 0. The van der Waals surface area contributed by atoms with E-state index in [1.165, 1.54) is 148 Å². The Balaban J connectivity index is 3.79. The third-order valence-corrected chi connectivity index (χ3v) is 9.17. The van der Waals surface area contributed by atoms with Crippen molar-refractivity contribution in [2.75, 3.05) is 13.2 Å². The van der Waals surface area contributed by atoms with E-state index in [0.29, 0.717) is 6.42 Å². The fourth-order valence-electron chi connectivity index (χ4n) is 5.87.